The maximum absolute atomic E-state index is 6.23. The first-order valence-electron chi connectivity index (χ1n) is 6.10. The van der Waals surface area contributed by atoms with Gasteiger partial charge in [0.25, 0.3) is 0 Å². The van der Waals surface area contributed by atoms with Crippen LogP contribution in [0.4, 0.5) is 0 Å². The number of aryl methyl sites for hydroxylation is 1. The Labute approximate surface area is 98.8 Å². The van der Waals surface area contributed by atoms with Gasteiger partial charge in [-0.25, -0.2) is 0 Å². The van der Waals surface area contributed by atoms with Gasteiger partial charge in [-0.05, 0) is 24.0 Å². The summed E-state index contributed by atoms with van der Waals surface area (Å²) < 4.78 is 5.46. The molecule has 1 aromatic rings. The number of hydrogen-bond donors (Lipinski definition) is 1. The van der Waals surface area contributed by atoms with Crippen molar-refractivity contribution in [1.29, 1.82) is 0 Å². The highest BCUT2D eigenvalue weighted by atomic mass is 16.5. The molecule has 0 heterocycles. The van der Waals surface area contributed by atoms with E-state index in [4.69, 9.17) is 10.5 Å². The van der Waals surface area contributed by atoms with E-state index in [0.717, 1.165) is 19.3 Å². The summed E-state index contributed by atoms with van der Waals surface area (Å²) in [5, 5.41) is 0. The predicted molar refractivity (Wildman–Crippen MR) is 68.5 cm³/mol. The van der Waals surface area contributed by atoms with Crippen molar-refractivity contribution in [2.45, 2.75) is 45.3 Å². The summed E-state index contributed by atoms with van der Waals surface area (Å²) in [6.07, 6.45) is 3.27. The Morgan fingerprint density at radius 3 is 2.62 bits per heavy atom. The van der Waals surface area contributed by atoms with Gasteiger partial charge in [0.15, 0.2) is 0 Å². The number of methoxy groups -OCH3 is 1. The number of benzene rings is 1. The Hall–Kier alpha value is -0.860. The smallest absolute Gasteiger partial charge is 0.0763 e. The van der Waals surface area contributed by atoms with Gasteiger partial charge in [0.2, 0.25) is 0 Å². The van der Waals surface area contributed by atoms with Gasteiger partial charge in [-0.3, -0.25) is 0 Å². The van der Waals surface area contributed by atoms with Crippen molar-refractivity contribution in [2.75, 3.05) is 7.11 Å². The normalized spacial score (nSPS) is 14.8. The molecule has 0 bridgehead atoms. The van der Waals surface area contributed by atoms with Gasteiger partial charge in [-0.1, -0.05) is 44.5 Å². The fourth-order valence-corrected chi connectivity index (χ4v) is 1.96. The molecule has 1 aromatic carbocycles. The number of rotatable bonds is 6. The summed E-state index contributed by atoms with van der Waals surface area (Å²) in [6, 6.07) is 8.47. The van der Waals surface area contributed by atoms with Crippen LogP contribution in [-0.2, 0) is 11.2 Å². The van der Waals surface area contributed by atoms with Crippen molar-refractivity contribution < 1.29 is 4.74 Å². The minimum atomic E-state index is -0.0172. The van der Waals surface area contributed by atoms with Crippen LogP contribution in [0, 0.1) is 0 Å². The second-order valence-electron chi connectivity index (χ2n) is 4.19. The van der Waals surface area contributed by atoms with Crippen LogP contribution in [-0.4, -0.2) is 13.2 Å². The van der Waals surface area contributed by atoms with E-state index >= 15 is 0 Å². The zero-order chi connectivity index (χ0) is 12.0. The van der Waals surface area contributed by atoms with Crippen LogP contribution in [0.25, 0.3) is 0 Å². The molecule has 0 aliphatic carbocycles. The lowest BCUT2D eigenvalue weighted by molar-refractivity contribution is 0.0725. The Morgan fingerprint density at radius 2 is 2.06 bits per heavy atom. The third-order valence-corrected chi connectivity index (χ3v) is 3.02. The molecule has 0 aliphatic heterocycles. The molecule has 0 fully saturated rings. The molecule has 0 radical (unpaired) electrons. The Morgan fingerprint density at radius 1 is 1.31 bits per heavy atom. The number of ether oxygens (including phenoxy) is 1. The summed E-state index contributed by atoms with van der Waals surface area (Å²) in [5.41, 5.74) is 8.75. The van der Waals surface area contributed by atoms with Gasteiger partial charge < -0.3 is 10.5 Å². The van der Waals surface area contributed by atoms with Crippen molar-refractivity contribution in [3.63, 3.8) is 0 Å². The van der Waals surface area contributed by atoms with E-state index in [1.807, 2.05) is 0 Å². The molecule has 16 heavy (non-hydrogen) atoms. The zero-order valence-electron chi connectivity index (χ0n) is 10.6. The van der Waals surface area contributed by atoms with Crippen molar-refractivity contribution in [3.8, 4) is 0 Å². The SMILES string of the molecule is CCCC(OC)C(N)c1cccc(CC)c1. The second-order valence-corrected chi connectivity index (χ2v) is 4.19. The Bertz CT molecular complexity index is 311. The fraction of sp³-hybridized carbons (Fsp3) is 0.571. The summed E-state index contributed by atoms with van der Waals surface area (Å²) >= 11 is 0. The lowest BCUT2D eigenvalue weighted by Crippen LogP contribution is -2.28. The topological polar surface area (TPSA) is 35.2 Å². The molecular formula is C14H23NO. The van der Waals surface area contributed by atoms with Crippen LogP contribution >= 0.6 is 0 Å². The third-order valence-electron chi connectivity index (χ3n) is 3.02. The molecule has 2 atom stereocenters. The molecule has 1 rings (SSSR count). The van der Waals surface area contributed by atoms with Gasteiger partial charge >= 0.3 is 0 Å². The van der Waals surface area contributed by atoms with E-state index in [2.05, 4.69) is 38.1 Å². The van der Waals surface area contributed by atoms with E-state index in [-0.39, 0.29) is 12.1 Å². The zero-order valence-corrected chi connectivity index (χ0v) is 10.6. The third kappa shape index (κ3) is 3.32. The Balaban J connectivity index is 2.80. The second kappa shape index (κ2) is 6.66. The van der Waals surface area contributed by atoms with Crippen LogP contribution in [0.2, 0.25) is 0 Å². The molecular weight excluding hydrogens is 198 g/mol. The number of hydrogen-bond acceptors (Lipinski definition) is 2. The largest absolute Gasteiger partial charge is 0.379 e. The van der Waals surface area contributed by atoms with Crippen LogP contribution in [0.5, 0.6) is 0 Å². The molecule has 2 unspecified atom stereocenters. The molecule has 0 amide bonds. The molecule has 90 valence electrons. The minimum Gasteiger partial charge on any atom is -0.379 e. The molecule has 0 spiro atoms. The predicted octanol–water partition coefficient (Wildman–Crippen LogP) is 3.06. The van der Waals surface area contributed by atoms with Gasteiger partial charge in [0, 0.05) is 7.11 Å². The molecule has 0 aromatic heterocycles. The molecule has 0 aliphatic rings. The monoisotopic (exact) mass is 221 g/mol. The average Bonchev–Trinajstić information content (AvgIpc) is 2.35. The summed E-state index contributed by atoms with van der Waals surface area (Å²) in [4.78, 5) is 0. The Kier molecular flexibility index (Phi) is 5.50. The molecule has 0 saturated heterocycles. The minimum absolute atomic E-state index is 0.0172. The van der Waals surface area contributed by atoms with Gasteiger partial charge in [-0.15, -0.1) is 0 Å². The van der Waals surface area contributed by atoms with E-state index in [1.54, 1.807) is 7.11 Å². The summed E-state index contributed by atoms with van der Waals surface area (Å²) in [7, 11) is 1.74. The highest BCUT2D eigenvalue weighted by Gasteiger charge is 2.18. The lowest BCUT2D eigenvalue weighted by atomic mass is 9.97. The number of nitrogens with two attached hydrogens (primary N) is 1. The molecule has 2 nitrogen and oxygen atoms in total. The van der Waals surface area contributed by atoms with Gasteiger partial charge in [0.05, 0.1) is 12.1 Å². The van der Waals surface area contributed by atoms with Gasteiger partial charge in [-0.2, -0.15) is 0 Å². The molecule has 0 saturated carbocycles. The first-order chi connectivity index (χ1) is 7.72. The lowest BCUT2D eigenvalue weighted by Gasteiger charge is -2.22. The van der Waals surface area contributed by atoms with Crippen molar-refractivity contribution in [2.24, 2.45) is 5.73 Å². The highest BCUT2D eigenvalue weighted by Crippen LogP contribution is 2.21. The molecule has 2 N–H and O–H groups in total. The van der Waals surface area contributed by atoms with Crippen molar-refractivity contribution in [3.05, 3.63) is 35.4 Å². The first-order valence-corrected chi connectivity index (χ1v) is 6.10. The van der Waals surface area contributed by atoms with E-state index in [1.165, 1.54) is 11.1 Å². The van der Waals surface area contributed by atoms with E-state index in [0.29, 0.717) is 0 Å². The van der Waals surface area contributed by atoms with Crippen LogP contribution in [0.3, 0.4) is 0 Å². The first kappa shape index (κ1) is 13.2. The molecule has 2 heteroatoms. The van der Waals surface area contributed by atoms with Crippen molar-refractivity contribution >= 4 is 0 Å². The maximum atomic E-state index is 6.23. The fourth-order valence-electron chi connectivity index (χ4n) is 1.96. The van der Waals surface area contributed by atoms with Crippen molar-refractivity contribution in [1.82, 2.24) is 0 Å². The average molecular weight is 221 g/mol. The van der Waals surface area contributed by atoms with E-state index in [9.17, 15) is 0 Å². The highest BCUT2D eigenvalue weighted by molar-refractivity contribution is 5.26. The van der Waals surface area contributed by atoms with E-state index < -0.39 is 0 Å². The van der Waals surface area contributed by atoms with Crippen LogP contribution < -0.4 is 5.73 Å². The van der Waals surface area contributed by atoms with Crippen LogP contribution in [0.15, 0.2) is 24.3 Å². The van der Waals surface area contributed by atoms with Gasteiger partial charge in [0.1, 0.15) is 0 Å². The summed E-state index contributed by atoms with van der Waals surface area (Å²) in [6.45, 7) is 4.31. The summed E-state index contributed by atoms with van der Waals surface area (Å²) in [5.74, 6) is 0. The quantitative estimate of drug-likeness (QED) is 0.801. The standard InChI is InChI=1S/C14H23NO/c1-4-7-13(16-3)14(15)12-9-6-8-11(5-2)10-12/h6,8-10,13-14H,4-5,7,15H2,1-3H3. The maximum Gasteiger partial charge on any atom is 0.0763 e. The van der Waals surface area contributed by atoms with Crippen LogP contribution in [0.1, 0.15) is 43.9 Å².